The summed E-state index contributed by atoms with van der Waals surface area (Å²) in [6.07, 6.45) is -3.82. The van der Waals surface area contributed by atoms with E-state index in [-0.39, 0.29) is 22.0 Å². The molecule has 0 saturated carbocycles. The average molecular weight is 399 g/mol. The van der Waals surface area contributed by atoms with Crippen LogP contribution in [0.15, 0.2) is 47.4 Å². The van der Waals surface area contributed by atoms with Crippen LogP contribution in [-0.4, -0.2) is 29.4 Å². The van der Waals surface area contributed by atoms with E-state index in [1.807, 2.05) is 0 Å². The van der Waals surface area contributed by atoms with Crippen molar-refractivity contribution in [2.45, 2.75) is 18.0 Å². The first-order valence-corrected chi connectivity index (χ1v) is 9.47. The van der Waals surface area contributed by atoms with Crippen molar-refractivity contribution in [1.82, 2.24) is 14.8 Å². The Labute approximate surface area is 152 Å². The molecule has 1 aromatic heterocycles. The first kappa shape index (κ1) is 19.0. The second-order valence-electron chi connectivity index (χ2n) is 5.92. The second-order valence-corrected chi connectivity index (χ2v) is 7.93. The molecule has 3 aromatic rings. The topological polar surface area (TPSA) is 64.8 Å². The minimum Gasteiger partial charge on any atom is -0.224 e. The van der Waals surface area contributed by atoms with Crippen LogP contribution in [0.4, 0.5) is 17.6 Å². The lowest BCUT2D eigenvalue weighted by molar-refractivity contribution is -0.144. The molecule has 0 spiro atoms. The van der Waals surface area contributed by atoms with Gasteiger partial charge in [-0.15, -0.1) is 5.10 Å². The third kappa shape index (κ3) is 3.85. The fourth-order valence-electron chi connectivity index (χ4n) is 2.42. The Morgan fingerprint density at radius 1 is 1.04 bits per heavy atom. The summed E-state index contributed by atoms with van der Waals surface area (Å²) in [6.45, 7) is 1.64. The minimum atomic E-state index is -4.83. The van der Waals surface area contributed by atoms with Gasteiger partial charge >= 0.3 is 6.18 Å². The molecule has 0 amide bonds. The number of aromatic nitrogens is 3. The van der Waals surface area contributed by atoms with Crippen molar-refractivity contribution < 1.29 is 26.0 Å². The van der Waals surface area contributed by atoms with E-state index < -0.39 is 27.7 Å². The zero-order valence-corrected chi connectivity index (χ0v) is 14.9. The summed E-state index contributed by atoms with van der Waals surface area (Å²) in [5.41, 5.74) is 0.548. The highest BCUT2D eigenvalue weighted by Crippen LogP contribution is 2.31. The van der Waals surface area contributed by atoms with E-state index in [9.17, 15) is 26.0 Å². The molecule has 10 heteroatoms. The first-order chi connectivity index (χ1) is 12.5. The number of hydrogen-bond acceptors (Lipinski definition) is 4. The van der Waals surface area contributed by atoms with Crippen molar-refractivity contribution in [1.29, 1.82) is 0 Å². The van der Waals surface area contributed by atoms with E-state index in [0.29, 0.717) is 5.56 Å². The molecule has 0 saturated heterocycles. The van der Waals surface area contributed by atoms with Crippen LogP contribution in [0.2, 0.25) is 0 Å². The number of aryl methyl sites for hydroxylation is 1. The second kappa shape index (κ2) is 6.45. The van der Waals surface area contributed by atoms with Gasteiger partial charge in [-0.25, -0.2) is 22.5 Å². The maximum Gasteiger partial charge on any atom is 0.453 e. The molecule has 0 aliphatic heterocycles. The molecule has 3 rings (SSSR count). The van der Waals surface area contributed by atoms with Crippen LogP contribution in [0.1, 0.15) is 11.4 Å². The number of benzene rings is 2. The lowest BCUT2D eigenvalue weighted by Gasteiger charge is -2.08. The molecule has 0 atom stereocenters. The molecular weight excluding hydrogens is 386 g/mol. The van der Waals surface area contributed by atoms with Crippen molar-refractivity contribution in [3.63, 3.8) is 0 Å². The summed E-state index contributed by atoms with van der Waals surface area (Å²) in [5.74, 6) is -2.51. The molecule has 0 aliphatic rings. The van der Waals surface area contributed by atoms with Crippen molar-refractivity contribution in [3.05, 3.63) is 59.7 Å². The van der Waals surface area contributed by atoms with E-state index in [4.69, 9.17) is 0 Å². The number of halogens is 4. The van der Waals surface area contributed by atoms with Crippen LogP contribution in [0.3, 0.4) is 0 Å². The number of rotatable bonds is 3. The van der Waals surface area contributed by atoms with E-state index in [0.717, 1.165) is 10.9 Å². The summed E-state index contributed by atoms with van der Waals surface area (Å²) < 4.78 is 77.5. The zero-order chi connectivity index (χ0) is 20.0. The molecule has 0 N–H and O–H groups in total. The Kier molecular flexibility index (Phi) is 4.54. The van der Waals surface area contributed by atoms with Crippen LogP contribution in [-0.2, 0) is 16.0 Å². The van der Waals surface area contributed by atoms with Crippen LogP contribution < -0.4 is 0 Å². The first-order valence-electron chi connectivity index (χ1n) is 7.58. The molecule has 0 bridgehead atoms. The van der Waals surface area contributed by atoms with Crippen molar-refractivity contribution in [2.75, 3.05) is 6.26 Å². The smallest absolute Gasteiger partial charge is 0.224 e. The van der Waals surface area contributed by atoms with Gasteiger partial charge in [0.25, 0.3) is 5.82 Å². The van der Waals surface area contributed by atoms with Gasteiger partial charge in [-0.05, 0) is 48.9 Å². The summed E-state index contributed by atoms with van der Waals surface area (Å²) in [7, 11) is -3.48. The van der Waals surface area contributed by atoms with E-state index in [1.165, 1.54) is 42.5 Å². The van der Waals surface area contributed by atoms with Crippen LogP contribution in [0, 0.1) is 12.7 Å². The highest BCUT2D eigenvalue weighted by Gasteiger charge is 2.37. The molecule has 2 aromatic carbocycles. The quantitative estimate of drug-likeness (QED) is 0.629. The van der Waals surface area contributed by atoms with Gasteiger partial charge in [0, 0.05) is 6.26 Å². The number of sulfone groups is 1. The summed E-state index contributed by atoms with van der Waals surface area (Å²) >= 11 is 0. The molecule has 0 unspecified atom stereocenters. The van der Waals surface area contributed by atoms with Gasteiger partial charge in [0.2, 0.25) is 0 Å². The highest BCUT2D eigenvalue weighted by molar-refractivity contribution is 7.90. The monoisotopic (exact) mass is 399 g/mol. The molecule has 5 nitrogen and oxygen atoms in total. The van der Waals surface area contributed by atoms with Crippen LogP contribution in [0.5, 0.6) is 0 Å². The Hall–Kier alpha value is -2.75. The molecule has 1 heterocycles. The Morgan fingerprint density at radius 3 is 2.19 bits per heavy atom. The molecule has 27 heavy (non-hydrogen) atoms. The number of nitrogens with zero attached hydrogens (tertiary/aromatic N) is 3. The SMILES string of the molecule is Cc1ccc(-c2nc(C(F)(F)F)nn2-c2ccc(S(C)(=O)=O)cc2)c(F)c1. The maximum absolute atomic E-state index is 14.3. The van der Waals surface area contributed by atoms with Crippen LogP contribution >= 0.6 is 0 Å². The van der Waals surface area contributed by atoms with Gasteiger partial charge < -0.3 is 0 Å². The molecule has 0 fully saturated rings. The standard InChI is InChI=1S/C17H13F4N3O2S/c1-10-3-8-13(14(18)9-10)15-22-16(17(19,20)21)23-24(15)11-4-6-12(7-5-11)27(2,25)26/h3-9H,1-2H3. The van der Waals surface area contributed by atoms with Crippen molar-refractivity contribution in [2.24, 2.45) is 0 Å². The predicted molar refractivity (Wildman–Crippen MR) is 89.6 cm³/mol. The van der Waals surface area contributed by atoms with E-state index in [2.05, 4.69) is 10.1 Å². The van der Waals surface area contributed by atoms with E-state index >= 15 is 0 Å². The Balaban J connectivity index is 2.21. The predicted octanol–water partition coefficient (Wildman–Crippen LogP) is 3.80. The van der Waals surface area contributed by atoms with Gasteiger partial charge in [-0.3, -0.25) is 0 Å². The third-order valence-corrected chi connectivity index (χ3v) is 4.86. The van der Waals surface area contributed by atoms with Gasteiger partial charge in [0.1, 0.15) is 5.82 Å². The fraction of sp³-hybridized carbons (Fsp3) is 0.176. The Bertz CT molecular complexity index is 1100. The summed E-state index contributed by atoms with van der Waals surface area (Å²) in [5, 5.41) is 3.45. The van der Waals surface area contributed by atoms with Crippen molar-refractivity contribution in [3.8, 4) is 17.1 Å². The van der Waals surface area contributed by atoms with Gasteiger partial charge in [0.15, 0.2) is 15.7 Å². The molecule has 142 valence electrons. The van der Waals surface area contributed by atoms with Gasteiger partial charge in [-0.2, -0.15) is 13.2 Å². The zero-order valence-electron chi connectivity index (χ0n) is 14.1. The number of hydrogen-bond donors (Lipinski definition) is 0. The lowest BCUT2D eigenvalue weighted by atomic mass is 10.1. The highest BCUT2D eigenvalue weighted by atomic mass is 32.2. The van der Waals surface area contributed by atoms with Gasteiger partial charge in [0.05, 0.1) is 16.1 Å². The van der Waals surface area contributed by atoms with Gasteiger partial charge in [-0.1, -0.05) is 6.07 Å². The summed E-state index contributed by atoms with van der Waals surface area (Å²) in [4.78, 5) is 3.45. The summed E-state index contributed by atoms with van der Waals surface area (Å²) in [6, 6.07) is 9.05. The van der Waals surface area contributed by atoms with Crippen LogP contribution in [0.25, 0.3) is 17.1 Å². The van der Waals surface area contributed by atoms with E-state index in [1.54, 1.807) is 6.92 Å². The molecular formula is C17H13F4N3O2S. The third-order valence-electron chi connectivity index (χ3n) is 3.74. The largest absolute Gasteiger partial charge is 0.453 e. The minimum absolute atomic E-state index is 0.00882. The number of alkyl halides is 3. The fourth-order valence-corrected chi connectivity index (χ4v) is 3.05. The molecule has 0 aliphatic carbocycles. The molecule has 0 radical (unpaired) electrons. The normalized spacial score (nSPS) is 12.4. The Morgan fingerprint density at radius 2 is 1.67 bits per heavy atom. The van der Waals surface area contributed by atoms with Crippen molar-refractivity contribution >= 4 is 9.84 Å². The maximum atomic E-state index is 14.3. The lowest BCUT2D eigenvalue weighted by Crippen LogP contribution is -2.08. The average Bonchev–Trinajstić information content (AvgIpc) is 2.99.